The predicted octanol–water partition coefficient (Wildman–Crippen LogP) is 3.17. The highest BCUT2D eigenvalue weighted by molar-refractivity contribution is 6.39. The second-order valence-electron chi connectivity index (χ2n) is 6.51. The molecule has 0 saturated heterocycles. The van der Waals surface area contributed by atoms with Crippen molar-refractivity contribution in [3.63, 3.8) is 0 Å². The summed E-state index contributed by atoms with van der Waals surface area (Å²) in [4.78, 5) is 26.4. The highest BCUT2D eigenvalue weighted by Crippen LogP contribution is 2.23. The van der Waals surface area contributed by atoms with E-state index in [0.29, 0.717) is 11.6 Å². The summed E-state index contributed by atoms with van der Waals surface area (Å²) in [7, 11) is 0. The molecule has 0 spiro atoms. The van der Waals surface area contributed by atoms with Crippen molar-refractivity contribution in [2.45, 2.75) is 52.5 Å². The van der Waals surface area contributed by atoms with Crippen LogP contribution in [0.3, 0.4) is 0 Å². The molecule has 1 saturated carbocycles. The molecule has 1 aliphatic carbocycles. The van der Waals surface area contributed by atoms with Gasteiger partial charge in [0.05, 0.1) is 0 Å². The van der Waals surface area contributed by atoms with E-state index in [-0.39, 0.29) is 6.04 Å². The van der Waals surface area contributed by atoms with Gasteiger partial charge in [0.2, 0.25) is 0 Å². The van der Waals surface area contributed by atoms with Gasteiger partial charge in [-0.15, -0.1) is 0 Å². The number of carbonyl (C=O) groups is 2. The maximum Gasteiger partial charge on any atom is 0.313 e. The minimum atomic E-state index is -0.594. The fourth-order valence-electron chi connectivity index (χ4n) is 3.30. The van der Waals surface area contributed by atoms with Crippen LogP contribution in [0.1, 0.15) is 46.5 Å². The maximum atomic E-state index is 12.1. The zero-order valence-corrected chi connectivity index (χ0v) is 15.0. The third-order valence-electron chi connectivity index (χ3n) is 4.89. The summed E-state index contributed by atoms with van der Waals surface area (Å²) in [6.45, 7) is 8.22. The van der Waals surface area contributed by atoms with Crippen LogP contribution < -0.4 is 15.5 Å². The lowest BCUT2D eigenvalue weighted by atomic mass is 9.86. The van der Waals surface area contributed by atoms with E-state index in [1.165, 1.54) is 6.42 Å². The average Bonchev–Trinajstić information content (AvgIpc) is 2.59. The van der Waals surface area contributed by atoms with Crippen molar-refractivity contribution in [3.05, 3.63) is 24.3 Å². The van der Waals surface area contributed by atoms with Crippen LogP contribution in [-0.4, -0.2) is 30.9 Å². The van der Waals surface area contributed by atoms with Crippen molar-refractivity contribution < 1.29 is 9.59 Å². The van der Waals surface area contributed by atoms with Gasteiger partial charge in [0.15, 0.2) is 0 Å². The SMILES string of the molecule is CCN(CC)c1ccc(NC(=O)C(=O)NC2CCCCC2C)cc1. The molecule has 1 aromatic carbocycles. The molecule has 1 aliphatic rings. The first kappa shape index (κ1) is 18.3. The number of amides is 2. The first-order valence-electron chi connectivity index (χ1n) is 9.02. The number of rotatable bonds is 5. The van der Waals surface area contributed by atoms with Crippen molar-refractivity contribution >= 4 is 23.2 Å². The van der Waals surface area contributed by atoms with E-state index in [1.807, 2.05) is 24.3 Å². The highest BCUT2D eigenvalue weighted by atomic mass is 16.2. The third kappa shape index (κ3) is 4.73. The Hall–Kier alpha value is -2.04. The standard InChI is InChI=1S/C19H29N3O2/c1-4-22(5-2)16-12-10-15(11-13-16)20-18(23)19(24)21-17-9-7-6-8-14(17)3/h10-14,17H,4-9H2,1-3H3,(H,20,23)(H,21,24). The summed E-state index contributed by atoms with van der Waals surface area (Å²) in [5.41, 5.74) is 1.75. The van der Waals surface area contributed by atoms with Crippen LogP contribution in [0.25, 0.3) is 0 Å². The summed E-state index contributed by atoms with van der Waals surface area (Å²) in [5, 5.41) is 5.56. The first-order chi connectivity index (χ1) is 11.5. The molecule has 0 aliphatic heterocycles. The van der Waals surface area contributed by atoms with Crippen molar-refractivity contribution in [1.82, 2.24) is 5.32 Å². The summed E-state index contributed by atoms with van der Waals surface area (Å²) >= 11 is 0. The van der Waals surface area contributed by atoms with Gasteiger partial charge >= 0.3 is 11.8 Å². The number of nitrogens with zero attached hydrogens (tertiary/aromatic N) is 1. The minimum absolute atomic E-state index is 0.113. The molecule has 0 bridgehead atoms. The van der Waals surface area contributed by atoms with Gasteiger partial charge < -0.3 is 15.5 Å². The monoisotopic (exact) mass is 331 g/mol. The molecule has 2 rings (SSSR count). The van der Waals surface area contributed by atoms with Gasteiger partial charge in [-0.1, -0.05) is 19.8 Å². The molecule has 2 unspecified atom stereocenters. The molecule has 1 aromatic rings. The molecule has 5 nitrogen and oxygen atoms in total. The molecule has 132 valence electrons. The second-order valence-corrected chi connectivity index (χ2v) is 6.51. The van der Waals surface area contributed by atoms with Crippen molar-refractivity contribution in [3.8, 4) is 0 Å². The van der Waals surface area contributed by atoms with Gasteiger partial charge in [-0.05, 0) is 56.9 Å². The van der Waals surface area contributed by atoms with E-state index in [4.69, 9.17) is 0 Å². The molecule has 1 fully saturated rings. The molecule has 2 N–H and O–H groups in total. The number of benzene rings is 1. The second kappa shape index (κ2) is 8.71. The van der Waals surface area contributed by atoms with Crippen LogP contribution in [0.2, 0.25) is 0 Å². The molecule has 24 heavy (non-hydrogen) atoms. The van der Waals surface area contributed by atoms with Crippen LogP contribution in [0.15, 0.2) is 24.3 Å². The maximum absolute atomic E-state index is 12.1. The van der Waals surface area contributed by atoms with Gasteiger partial charge in [0.1, 0.15) is 0 Å². The lowest BCUT2D eigenvalue weighted by molar-refractivity contribution is -0.137. The Labute approximate surface area is 144 Å². The van der Waals surface area contributed by atoms with E-state index in [2.05, 4.69) is 36.3 Å². The minimum Gasteiger partial charge on any atom is -0.372 e. The third-order valence-corrected chi connectivity index (χ3v) is 4.89. The van der Waals surface area contributed by atoms with E-state index in [0.717, 1.165) is 38.0 Å². The van der Waals surface area contributed by atoms with Crippen molar-refractivity contribution in [1.29, 1.82) is 0 Å². The molecule has 5 heteroatoms. The van der Waals surface area contributed by atoms with Crippen LogP contribution in [0.5, 0.6) is 0 Å². The van der Waals surface area contributed by atoms with Gasteiger partial charge in [-0.2, -0.15) is 0 Å². The fraction of sp³-hybridized carbons (Fsp3) is 0.579. The van der Waals surface area contributed by atoms with E-state index in [9.17, 15) is 9.59 Å². The Bertz CT molecular complexity index is 552. The summed E-state index contributed by atoms with van der Waals surface area (Å²) in [6, 6.07) is 7.71. The van der Waals surface area contributed by atoms with E-state index < -0.39 is 11.8 Å². The molecule has 0 aromatic heterocycles. The smallest absolute Gasteiger partial charge is 0.313 e. The molecule has 0 heterocycles. The number of nitrogens with one attached hydrogen (secondary N) is 2. The quantitative estimate of drug-likeness (QED) is 0.815. The van der Waals surface area contributed by atoms with E-state index in [1.54, 1.807) is 0 Å². The van der Waals surface area contributed by atoms with Crippen LogP contribution in [0, 0.1) is 5.92 Å². The van der Waals surface area contributed by atoms with Crippen molar-refractivity contribution in [2.75, 3.05) is 23.3 Å². The van der Waals surface area contributed by atoms with Crippen LogP contribution in [-0.2, 0) is 9.59 Å². The zero-order chi connectivity index (χ0) is 17.5. The Morgan fingerprint density at radius 3 is 2.25 bits per heavy atom. The Morgan fingerprint density at radius 2 is 1.67 bits per heavy atom. The Morgan fingerprint density at radius 1 is 1.04 bits per heavy atom. The van der Waals surface area contributed by atoms with Gasteiger partial charge in [0.25, 0.3) is 0 Å². The van der Waals surface area contributed by atoms with Crippen LogP contribution >= 0.6 is 0 Å². The highest BCUT2D eigenvalue weighted by Gasteiger charge is 2.25. The zero-order valence-electron chi connectivity index (χ0n) is 15.0. The molecule has 2 atom stereocenters. The Kier molecular flexibility index (Phi) is 6.64. The lowest BCUT2D eigenvalue weighted by Crippen LogP contribution is -2.45. The predicted molar refractivity (Wildman–Crippen MR) is 98.2 cm³/mol. The number of hydrogen-bond donors (Lipinski definition) is 2. The normalized spacial score (nSPS) is 20.3. The van der Waals surface area contributed by atoms with Gasteiger partial charge in [0, 0.05) is 30.5 Å². The largest absolute Gasteiger partial charge is 0.372 e. The number of anilines is 2. The molecular formula is C19H29N3O2. The molecule has 0 radical (unpaired) electrons. The van der Waals surface area contributed by atoms with Crippen LogP contribution in [0.4, 0.5) is 11.4 Å². The van der Waals surface area contributed by atoms with Gasteiger partial charge in [-0.3, -0.25) is 9.59 Å². The number of carbonyl (C=O) groups excluding carboxylic acids is 2. The lowest BCUT2D eigenvalue weighted by Gasteiger charge is -2.29. The summed E-state index contributed by atoms with van der Waals surface area (Å²) < 4.78 is 0. The van der Waals surface area contributed by atoms with Crippen molar-refractivity contribution in [2.24, 2.45) is 5.92 Å². The fourth-order valence-corrected chi connectivity index (χ4v) is 3.30. The molecule has 2 amide bonds. The topological polar surface area (TPSA) is 61.4 Å². The summed E-state index contributed by atoms with van der Waals surface area (Å²) in [6.07, 6.45) is 4.39. The molecular weight excluding hydrogens is 302 g/mol. The first-order valence-corrected chi connectivity index (χ1v) is 9.02. The summed E-state index contributed by atoms with van der Waals surface area (Å²) in [5.74, 6) is -0.700. The van der Waals surface area contributed by atoms with E-state index >= 15 is 0 Å². The van der Waals surface area contributed by atoms with Gasteiger partial charge in [-0.25, -0.2) is 0 Å². The number of hydrogen-bond acceptors (Lipinski definition) is 3. The Balaban J connectivity index is 1.90. The average molecular weight is 331 g/mol.